The van der Waals surface area contributed by atoms with Crippen LogP contribution in [0, 0.1) is 13.8 Å². The monoisotopic (exact) mass is 379 g/mol. The number of morpholine rings is 1. The van der Waals surface area contributed by atoms with E-state index in [1.807, 2.05) is 17.9 Å². The highest BCUT2D eigenvalue weighted by Crippen LogP contribution is 2.26. The third-order valence-corrected chi connectivity index (χ3v) is 5.56. The van der Waals surface area contributed by atoms with Gasteiger partial charge < -0.3 is 9.64 Å². The lowest BCUT2D eigenvalue weighted by atomic mass is 10.1. The molecule has 148 valence electrons. The van der Waals surface area contributed by atoms with Crippen molar-refractivity contribution < 1.29 is 4.74 Å². The minimum absolute atomic E-state index is 0.762. The number of fused-ring (bicyclic) bond motifs is 1. The summed E-state index contributed by atoms with van der Waals surface area (Å²) in [6, 6.07) is 8.81. The normalized spacial score (nSPS) is 15.0. The minimum Gasteiger partial charge on any atom is -0.378 e. The van der Waals surface area contributed by atoms with E-state index < -0.39 is 0 Å². The molecule has 0 unspecified atom stereocenters. The first-order valence-electron chi connectivity index (χ1n) is 9.90. The first-order chi connectivity index (χ1) is 13.5. The van der Waals surface area contributed by atoms with Crippen LogP contribution in [0.4, 0.5) is 5.82 Å². The number of rotatable bonds is 5. The fourth-order valence-corrected chi connectivity index (χ4v) is 3.81. The van der Waals surface area contributed by atoms with Crippen molar-refractivity contribution in [2.75, 3.05) is 38.3 Å². The van der Waals surface area contributed by atoms with E-state index in [2.05, 4.69) is 60.1 Å². The van der Waals surface area contributed by atoms with Crippen LogP contribution in [0.3, 0.4) is 0 Å². The van der Waals surface area contributed by atoms with Gasteiger partial charge >= 0.3 is 0 Å². The number of nitrogens with zero attached hydrogens (tertiary/aromatic N) is 5. The minimum atomic E-state index is 0.762. The maximum absolute atomic E-state index is 5.55. The first kappa shape index (κ1) is 18.9. The van der Waals surface area contributed by atoms with Crippen LogP contribution in [0.5, 0.6) is 0 Å². The largest absolute Gasteiger partial charge is 0.378 e. The molecule has 1 aromatic carbocycles. The summed E-state index contributed by atoms with van der Waals surface area (Å²) >= 11 is 0. The molecule has 1 aliphatic heterocycles. The van der Waals surface area contributed by atoms with Crippen molar-refractivity contribution in [3.63, 3.8) is 0 Å². The van der Waals surface area contributed by atoms with Crippen molar-refractivity contribution in [1.29, 1.82) is 0 Å². The van der Waals surface area contributed by atoms with Gasteiger partial charge in [-0.2, -0.15) is 5.10 Å². The average molecular weight is 380 g/mol. The Bertz CT molecular complexity index is 974. The maximum Gasteiger partial charge on any atom is 0.133 e. The Labute approximate surface area is 166 Å². The van der Waals surface area contributed by atoms with E-state index in [4.69, 9.17) is 9.72 Å². The van der Waals surface area contributed by atoms with Gasteiger partial charge in [0.05, 0.1) is 24.9 Å². The molecule has 6 heteroatoms. The number of hydrogen-bond acceptors (Lipinski definition) is 5. The molecule has 0 bridgehead atoms. The number of aromatic nitrogens is 3. The zero-order chi connectivity index (χ0) is 19.7. The van der Waals surface area contributed by atoms with E-state index in [0.29, 0.717) is 0 Å². The SMILES string of the molecule is Cc1ccc2cc(CN(C)Cc3cnn(C)c3C)c(N3CCOCC3)nc2c1. The van der Waals surface area contributed by atoms with E-state index in [0.717, 1.165) is 50.7 Å². The summed E-state index contributed by atoms with van der Waals surface area (Å²) in [5, 5.41) is 5.57. The predicted octanol–water partition coefficient (Wildman–Crippen LogP) is 3.05. The Morgan fingerprint density at radius 1 is 1.07 bits per heavy atom. The van der Waals surface area contributed by atoms with Crippen molar-refractivity contribution in [3.8, 4) is 0 Å². The van der Waals surface area contributed by atoms with Crippen LogP contribution < -0.4 is 4.90 Å². The lowest BCUT2D eigenvalue weighted by Crippen LogP contribution is -2.37. The molecular formula is C22H29N5O. The maximum atomic E-state index is 5.55. The zero-order valence-corrected chi connectivity index (χ0v) is 17.3. The van der Waals surface area contributed by atoms with Crippen molar-refractivity contribution in [2.45, 2.75) is 26.9 Å². The van der Waals surface area contributed by atoms with Crippen LogP contribution >= 0.6 is 0 Å². The summed E-state index contributed by atoms with van der Waals surface area (Å²) in [5.74, 6) is 1.09. The number of benzene rings is 1. The smallest absolute Gasteiger partial charge is 0.133 e. The Morgan fingerprint density at radius 3 is 2.54 bits per heavy atom. The van der Waals surface area contributed by atoms with Crippen LogP contribution in [0.2, 0.25) is 0 Å². The molecule has 0 aliphatic carbocycles. The second kappa shape index (κ2) is 7.89. The standard InChI is InChI=1S/C22H29N5O/c1-16-5-6-18-12-19(14-25(3)15-20-13-23-26(4)17(20)2)22(24-21(18)11-16)27-7-9-28-10-8-27/h5-6,11-13H,7-10,14-15H2,1-4H3. The van der Waals surface area contributed by atoms with Crippen LogP contribution in [0.25, 0.3) is 10.9 Å². The van der Waals surface area contributed by atoms with Crippen LogP contribution in [-0.2, 0) is 24.9 Å². The van der Waals surface area contributed by atoms with Crippen LogP contribution in [0.15, 0.2) is 30.5 Å². The molecule has 0 N–H and O–H groups in total. The third-order valence-electron chi connectivity index (χ3n) is 5.56. The highest BCUT2D eigenvalue weighted by atomic mass is 16.5. The van der Waals surface area contributed by atoms with Crippen molar-refractivity contribution in [2.24, 2.45) is 7.05 Å². The van der Waals surface area contributed by atoms with E-state index in [1.54, 1.807) is 0 Å². The quantitative estimate of drug-likeness (QED) is 0.682. The van der Waals surface area contributed by atoms with Gasteiger partial charge in [-0.25, -0.2) is 4.98 Å². The van der Waals surface area contributed by atoms with Gasteiger partial charge in [-0.3, -0.25) is 9.58 Å². The second-order valence-corrected chi connectivity index (χ2v) is 7.82. The van der Waals surface area contributed by atoms with Gasteiger partial charge in [0.2, 0.25) is 0 Å². The molecule has 4 rings (SSSR count). The Morgan fingerprint density at radius 2 is 1.82 bits per heavy atom. The third kappa shape index (κ3) is 3.88. The summed E-state index contributed by atoms with van der Waals surface area (Å²) in [6.07, 6.45) is 1.97. The highest BCUT2D eigenvalue weighted by Gasteiger charge is 2.19. The lowest BCUT2D eigenvalue weighted by molar-refractivity contribution is 0.122. The zero-order valence-electron chi connectivity index (χ0n) is 17.3. The molecule has 6 nitrogen and oxygen atoms in total. The van der Waals surface area contributed by atoms with Crippen molar-refractivity contribution >= 4 is 16.7 Å². The van der Waals surface area contributed by atoms with Crippen molar-refractivity contribution in [1.82, 2.24) is 19.7 Å². The molecule has 1 fully saturated rings. The first-order valence-corrected chi connectivity index (χ1v) is 9.90. The highest BCUT2D eigenvalue weighted by molar-refractivity contribution is 5.82. The molecule has 0 radical (unpaired) electrons. The number of anilines is 1. The summed E-state index contributed by atoms with van der Waals surface area (Å²) in [5.41, 5.74) is 6.05. The molecule has 1 aliphatic rings. The molecule has 2 aromatic heterocycles. The van der Waals surface area contributed by atoms with E-state index in [1.165, 1.54) is 27.8 Å². The molecule has 0 saturated carbocycles. The van der Waals surface area contributed by atoms with Gasteiger partial charge in [-0.1, -0.05) is 12.1 Å². The van der Waals surface area contributed by atoms with Crippen molar-refractivity contribution in [3.05, 3.63) is 52.8 Å². The van der Waals surface area contributed by atoms with Crippen LogP contribution in [0.1, 0.15) is 22.4 Å². The Balaban J connectivity index is 1.65. The topological polar surface area (TPSA) is 46.4 Å². The summed E-state index contributed by atoms with van der Waals surface area (Å²) in [4.78, 5) is 9.77. The van der Waals surface area contributed by atoms with E-state index >= 15 is 0 Å². The fraction of sp³-hybridized carbons (Fsp3) is 0.455. The van der Waals surface area contributed by atoms with Crippen LogP contribution in [-0.4, -0.2) is 53.0 Å². The van der Waals surface area contributed by atoms with E-state index in [9.17, 15) is 0 Å². The molecule has 0 atom stereocenters. The van der Waals surface area contributed by atoms with Gasteiger partial charge in [0, 0.05) is 55.4 Å². The number of ether oxygens (including phenoxy) is 1. The van der Waals surface area contributed by atoms with Gasteiger partial charge in [0.15, 0.2) is 0 Å². The van der Waals surface area contributed by atoms with Gasteiger partial charge in [0.25, 0.3) is 0 Å². The summed E-state index contributed by atoms with van der Waals surface area (Å²) in [6.45, 7) is 9.26. The van der Waals surface area contributed by atoms with Gasteiger partial charge in [-0.05, 0) is 38.6 Å². The summed E-state index contributed by atoms with van der Waals surface area (Å²) < 4.78 is 7.49. The molecule has 0 amide bonds. The molecule has 1 saturated heterocycles. The molecule has 3 heterocycles. The predicted molar refractivity (Wildman–Crippen MR) is 113 cm³/mol. The fourth-order valence-electron chi connectivity index (χ4n) is 3.81. The lowest BCUT2D eigenvalue weighted by Gasteiger charge is -2.30. The van der Waals surface area contributed by atoms with E-state index in [-0.39, 0.29) is 0 Å². The average Bonchev–Trinajstić information content (AvgIpc) is 3.00. The Kier molecular flexibility index (Phi) is 5.33. The molecule has 0 spiro atoms. The number of pyridine rings is 1. The molecular weight excluding hydrogens is 350 g/mol. The summed E-state index contributed by atoms with van der Waals surface area (Å²) in [7, 11) is 4.15. The second-order valence-electron chi connectivity index (χ2n) is 7.82. The van der Waals surface area contributed by atoms with Gasteiger partial charge in [-0.15, -0.1) is 0 Å². The van der Waals surface area contributed by atoms with Gasteiger partial charge in [0.1, 0.15) is 5.82 Å². The molecule has 3 aromatic rings. The Hall–Kier alpha value is -2.44. The molecule has 28 heavy (non-hydrogen) atoms. The number of aryl methyl sites for hydroxylation is 2. The number of hydrogen-bond donors (Lipinski definition) is 0.